The minimum atomic E-state index is -0.129. The predicted octanol–water partition coefficient (Wildman–Crippen LogP) is 4.63. The van der Waals surface area contributed by atoms with E-state index >= 15 is 0 Å². The molecule has 2 aromatic rings. The smallest absolute Gasteiger partial charge is 0.252 e. The lowest BCUT2D eigenvalue weighted by molar-refractivity contribution is 0.0954. The molecule has 0 unspecified atom stereocenters. The number of rotatable bonds is 7. The molecule has 0 aliphatic rings. The Kier molecular flexibility index (Phi) is 7.00. The Hall–Kier alpha value is -1.65. The van der Waals surface area contributed by atoms with Crippen LogP contribution in [0.15, 0.2) is 47.4 Å². The van der Waals surface area contributed by atoms with E-state index in [-0.39, 0.29) is 5.91 Å². The largest absolute Gasteiger partial charge is 0.370 e. The van der Waals surface area contributed by atoms with E-state index in [1.807, 2.05) is 18.4 Å². The van der Waals surface area contributed by atoms with Crippen LogP contribution in [-0.2, 0) is 0 Å². The highest BCUT2D eigenvalue weighted by Crippen LogP contribution is 2.23. The van der Waals surface area contributed by atoms with Crippen LogP contribution in [0.25, 0.3) is 0 Å². The molecule has 128 valence electrons. The van der Waals surface area contributed by atoms with Gasteiger partial charge in [-0.15, -0.1) is 11.8 Å². The monoisotopic (exact) mass is 362 g/mol. The fourth-order valence-electron chi connectivity index (χ4n) is 2.50. The van der Waals surface area contributed by atoms with Gasteiger partial charge in [0, 0.05) is 30.2 Å². The minimum absolute atomic E-state index is 0.129. The molecule has 5 heteroatoms. The summed E-state index contributed by atoms with van der Waals surface area (Å²) in [6.07, 6.45) is 1.98. The van der Waals surface area contributed by atoms with Gasteiger partial charge in [0.25, 0.3) is 5.91 Å². The van der Waals surface area contributed by atoms with Crippen LogP contribution in [0.5, 0.6) is 0 Å². The van der Waals surface area contributed by atoms with Gasteiger partial charge in [0.05, 0.1) is 10.6 Å². The fourth-order valence-corrected chi connectivity index (χ4v) is 3.14. The molecule has 1 amide bonds. The molecule has 1 N–H and O–H groups in total. The highest BCUT2D eigenvalue weighted by atomic mass is 35.5. The van der Waals surface area contributed by atoms with Crippen molar-refractivity contribution in [2.45, 2.75) is 18.7 Å². The molecule has 0 heterocycles. The molecule has 0 spiro atoms. The lowest BCUT2D eigenvalue weighted by Crippen LogP contribution is -2.35. The quantitative estimate of drug-likeness (QED) is 0.729. The molecule has 24 heavy (non-hydrogen) atoms. The number of halogens is 1. The first-order valence-corrected chi connectivity index (χ1v) is 9.58. The highest BCUT2D eigenvalue weighted by Gasteiger charge is 2.11. The van der Waals surface area contributed by atoms with Crippen LogP contribution < -0.4 is 10.2 Å². The fraction of sp³-hybridized carbons (Fsp3) is 0.316. The van der Waals surface area contributed by atoms with Gasteiger partial charge in [0.2, 0.25) is 0 Å². The number of hydrogen-bond acceptors (Lipinski definition) is 3. The maximum atomic E-state index is 12.4. The van der Waals surface area contributed by atoms with Crippen LogP contribution in [0.3, 0.4) is 0 Å². The number of carbonyl (C=O) groups excluding carboxylic acids is 1. The molecular weight excluding hydrogens is 340 g/mol. The number of nitrogens with zero attached hydrogens (tertiary/aromatic N) is 1. The Bertz CT molecular complexity index is 706. The zero-order chi connectivity index (χ0) is 17.5. The van der Waals surface area contributed by atoms with Crippen LogP contribution in [0.2, 0.25) is 5.02 Å². The molecule has 0 atom stereocenters. The first-order chi connectivity index (χ1) is 11.5. The van der Waals surface area contributed by atoms with E-state index in [9.17, 15) is 4.79 Å². The van der Waals surface area contributed by atoms with Gasteiger partial charge in [-0.05, 0) is 56.0 Å². The summed E-state index contributed by atoms with van der Waals surface area (Å²) in [5, 5.41) is 3.45. The normalized spacial score (nSPS) is 10.5. The Morgan fingerprint density at radius 1 is 1.25 bits per heavy atom. The van der Waals surface area contributed by atoms with E-state index in [0.717, 1.165) is 18.0 Å². The third kappa shape index (κ3) is 4.92. The lowest BCUT2D eigenvalue weighted by atomic mass is 10.2. The van der Waals surface area contributed by atoms with E-state index in [2.05, 4.69) is 48.3 Å². The van der Waals surface area contributed by atoms with Gasteiger partial charge in [-0.3, -0.25) is 4.79 Å². The van der Waals surface area contributed by atoms with Crippen molar-refractivity contribution in [3.05, 3.63) is 58.6 Å². The SMILES string of the molecule is CCN(CCNC(=O)c1cc(SC)ccc1Cl)c1cccc(C)c1. The summed E-state index contributed by atoms with van der Waals surface area (Å²) in [4.78, 5) is 15.6. The standard InChI is InChI=1S/C19H23ClN2OS/c1-4-22(15-7-5-6-14(2)12-15)11-10-21-19(23)17-13-16(24-3)8-9-18(17)20/h5-9,12-13H,4,10-11H2,1-3H3,(H,21,23). The van der Waals surface area contributed by atoms with Crippen molar-refractivity contribution in [1.82, 2.24) is 5.32 Å². The Morgan fingerprint density at radius 2 is 2.04 bits per heavy atom. The van der Waals surface area contributed by atoms with Crippen molar-refractivity contribution in [3.8, 4) is 0 Å². The number of aryl methyl sites for hydroxylation is 1. The molecule has 0 saturated heterocycles. The van der Waals surface area contributed by atoms with Crippen molar-refractivity contribution in [2.75, 3.05) is 30.8 Å². The van der Waals surface area contributed by atoms with E-state index in [1.54, 1.807) is 17.8 Å². The molecule has 0 radical (unpaired) electrons. The van der Waals surface area contributed by atoms with Crippen molar-refractivity contribution < 1.29 is 4.79 Å². The number of hydrogen-bond donors (Lipinski definition) is 1. The van der Waals surface area contributed by atoms with E-state index < -0.39 is 0 Å². The Morgan fingerprint density at radius 3 is 2.71 bits per heavy atom. The van der Waals surface area contributed by atoms with Crippen LogP contribution in [-0.4, -0.2) is 31.8 Å². The zero-order valence-corrected chi connectivity index (χ0v) is 15.9. The van der Waals surface area contributed by atoms with Crippen molar-refractivity contribution >= 4 is 35.0 Å². The van der Waals surface area contributed by atoms with Crippen LogP contribution in [0.1, 0.15) is 22.8 Å². The summed E-state index contributed by atoms with van der Waals surface area (Å²) < 4.78 is 0. The topological polar surface area (TPSA) is 32.3 Å². The minimum Gasteiger partial charge on any atom is -0.370 e. The van der Waals surface area contributed by atoms with Crippen LogP contribution in [0.4, 0.5) is 5.69 Å². The van der Waals surface area contributed by atoms with Crippen LogP contribution in [0, 0.1) is 6.92 Å². The van der Waals surface area contributed by atoms with E-state index in [4.69, 9.17) is 11.6 Å². The highest BCUT2D eigenvalue weighted by molar-refractivity contribution is 7.98. The number of benzene rings is 2. The van der Waals surface area contributed by atoms with Gasteiger partial charge >= 0.3 is 0 Å². The van der Waals surface area contributed by atoms with Gasteiger partial charge in [-0.1, -0.05) is 23.7 Å². The summed E-state index contributed by atoms with van der Waals surface area (Å²) >= 11 is 7.74. The maximum Gasteiger partial charge on any atom is 0.252 e. The second-order valence-electron chi connectivity index (χ2n) is 5.52. The number of likely N-dealkylation sites (N-methyl/N-ethyl adjacent to an activating group) is 1. The van der Waals surface area contributed by atoms with Gasteiger partial charge < -0.3 is 10.2 Å². The first-order valence-electron chi connectivity index (χ1n) is 7.98. The van der Waals surface area contributed by atoms with Crippen molar-refractivity contribution in [3.63, 3.8) is 0 Å². The number of amides is 1. The van der Waals surface area contributed by atoms with Gasteiger partial charge in [0.1, 0.15) is 0 Å². The first kappa shape index (κ1) is 18.7. The molecule has 3 nitrogen and oxygen atoms in total. The zero-order valence-electron chi connectivity index (χ0n) is 14.3. The Balaban J connectivity index is 1.96. The average molecular weight is 363 g/mol. The molecule has 2 aromatic carbocycles. The predicted molar refractivity (Wildman–Crippen MR) is 105 cm³/mol. The molecule has 0 fully saturated rings. The maximum absolute atomic E-state index is 12.4. The van der Waals surface area contributed by atoms with Crippen LogP contribution >= 0.6 is 23.4 Å². The second-order valence-corrected chi connectivity index (χ2v) is 6.81. The number of carbonyl (C=O) groups is 1. The van der Waals surface area contributed by atoms with Gasteiger partial charge in [0.15, 0.2) is 0 Å². The molecular formula is C19H23ClN2OS. The second kappa shape index (κ2) is 9.00. The molecule has 0 bridgehead atoms. The molecule has 0 aliphatic heterocycles. The number of thioether (sulfide) groups is 1. The summed E-state index contributed by atoms with van der Waals surface area (Å²) in [5.41, 5.74) is 2.94. The third-order valence-electron chi connectivity index (χ3n) is 3.83. The Labute approximate surface area is 153 Å². The summed E-state index contributed by atoms with van der Waals surface area (Å²) in [6.45, 7) is 6.41. The lowest BCUT2D eigenvalue weighted by Gasteiger charge is -2.23. The molecule has 2 rings (SSSR count). The van der Waals surface area contributed by atoms with Crippen molar-refractivity contribution in [2.24, 2.45) is 0 Å². The van der Waals surface area contributed by atoms with Gasteiger partial charge in [-0.2, -0.15) is 0 Å². The van der Waals surface area contributed by atoms with Crippen molar-refractivity contribution in [1.29, 1.82) is 0 Å². The number of anilines is 1. The summed E-state index contributed by atoms with van der Waals surface area (Å²) in [7, 11) is 0. The van der Waals surface area contributed by atoms with Gasteiger partial charge in [-0.25, -0.2) is 0 Å². The third-order valence-corrected chi connectivity index (χ3v) is 4.89. The summed E-state index contributed by atoms with van der Waals surface area (Å²) in [5.74, 6) is -0.129. The summed E-state index contributed by atoms with van der Waals surface area (Å²) in [6, 6.07) is 13.9. The average Bonchev–Trinajstić information content (AvgIpc) is 2.59. The molecule has 0 saturated carbocycles. The number of nitrogens with one attached hydrogen (secondary N) is 1. The van der Waals surface area contributed by atoms with E-state index in [0.29, 0.717) is 17.1 Å². The molecule has 0 aromatic heterocycles. The molecule has 0 aliphatic carbocycles. The van der Waals surface area contributed by atoms with E-state index in [1.165, 1.54) is 11.3 Å².